The second-order valence-electron chi connectivity index (χ2n) is 5.21. The molecule has 1 atom stereocenters. The second-order valence-corrected chi connectivity index (χ2v) is 6.46. The Labute approximate surface area is 142 Å². The molecular formula is C18H16INO2. The van der Waals surface area contributed by atoms with Crippen molar-refractivity contribution in [3.05, 3.63) is 68.1 Å². The first-order chi connectivity index (χ1) is 10.6. The van der Waals surface area contributed by atoms with Crippen LogP contribution < -0.4 is 15.8 Å². The summed E-state index contributed by atoms with van der Waals surface area (Å²) in [6.45, 7) is 2.01. The fourth-order valence-electron chi connectivity index (χ4n) is 2.60. The molecule has 0 saturated heterocycles. The van der Waals surface area contributed by atoms with E-state index in [1.165, 1.54) is 6.92 Å². The van der Waals surface area contributed by atoms with E-state index in [1.54, 1.807) is 0 Å². The molecule has 0 aromatic heterocycles. The van der Waals surface area contributed by atoms with Crippen molar-refractivity contribution in [2.45, 2.75) is 13.0 Å². The van der Waals surface area contributed by atoms with Crippen LogP contribution in [-0.4, -0.2) is 12.5 Å². The van der Waals surface area contributed by atoms with Crippen molar-refractivity contribution < 1.29 is 9.53 Å². The van der Waals surface area contributed by atoms with Crippen LogP contribution in [0.2, 0.25) is 0 Å². The third kappa shape index (κ3) is 3.16. The van der Waals surface area contributed by atoms with Crippen LogP contribution >= 0.6 is 22.6 Å². The molecule has 3 rings (SSSR count). The van der Waals surface area contributed by atoms with Crippen molar-refractivity contribution in [2.75, 3.05) is 6.54 Å². The van der Waals surface area contributed by atoms with Gasteiger partial charge in [0, 0.05) is 27.8 Å². The van der Waals surface area contributed by atoms with E-state index in [4.69, 9.17) is 4.74 Å². The highest BCUT2D eigenvalue weighted by Crippen LogP contribution is 2.27. The Kier molecular flexibility index (Phi) is 4.47. The Hall–Kier alpha value is -1.82. The molecule has 0 bridgehead atoms. The summed E-state index contributed by atoms with van der Waals surface area (Å²) in [6.07, 6.45) is 1.65. The molecule has 1 aliphatic rings. The molecule has 0 spiro atoms. The van der Waals surface area contributed by atoms with Gasteiger partial charge in [-0.15, -0.1) is 0 Å². The number of carbonyl (C=O) groups is 1. The number of halogens is 1. The van der Waals surface area contributed by atoms with E-state index in [-0.39, 0.29) is 12.0 Å². The highest BCUT2D eigenvalue weighted by Gasteiger charge is 2.21. The predicted molar refractivity (Wildman–Crippen MR) is 95.2 cm³/mol. The molecule has 2 aromatic rings. The fraction of sp³-hybridized carbons (Fsp3) is 0.167. The molecule has 0 saturated carbocycles. The minimum Gasteiger partial charge on any atom is -0.488 e. The lowest BCUT2D eigenvalue weighted by Crippen LogP contribution is -2.37. The summed E-state index contributed by atoms with van der Waals surface area (Å²) in [5, 5.41) is 5.09. The first-order valence-corrected chi connectivity index (χ1v) is 8.17. The van der Waals surface area contributed by atoms with Crippen LogP contribution in [0, 0.1) is 3.57 Å². The second kappa shape index (κ2) is 6.52. The van der Waals surface area contributed by atoms with Crippen LogP contribution in [0.15, 0.2) is 48.5 Å². The summed E-state index contributed by atoms with van der Waals surface area (Å²) in [6, 6.07) is 16.3. The quantitative estimate of drug-likeness (QED) is 0.795. The van der Waals surface area contributed by atoms with Crippen molar-refractivity contribution in [3.63, 3.8) is 0 Å². The van der Waals surface area contributed by atoms with E-state index in [9.17, 15) is 4.79 Å². The van der Waals surface area contributed by atoms with Crippen LogP contribution in [0.1, 0.15) is 18.6 Å². The number of hydrogen-bond acceptors (Lipinski definition) is 2. The van der Waals surface area contributed by atoms with E-state index in [0.717, 1.165) is 25.1 Å². The van der Waals surface area contributed by atoms with E-state index in [1.807, 2.05) is 36.6 Å². The predicted octanol–water partition coefficient (Wildman–Crippen LogP) is 2.09. The van der Waals surface area contributed by atoms with Gasteiger partial charge in [0.1, 0.15) is 6.10 Å². The van der Waals surface area contributed by atoms with Crippen molar-refractivity contribution in [3.8, 4) is 0 Å². The lowest BCUT2D eigenvalue weighted by atomic mass is 9.97. The molecule has 1 unspecified atom stereocenters. The van der Waals surface area contributed by atoms with Gasteiger partial charge in [0.25, 0.3) is 0 Å². The molecule has 0 radical (unpaired) electrons. The average molecular weight is 405 g/mol. The number of hydrogen-bond donors (Lipinski definition) is 1. The van der Waals surface area contributed by atoms with Crippen LogP contribution in [0.4, 0.5) is 0 Å². The molecule has 0 fully saturated rings. The maximum absolute atomic E-state index is 11.3. The Bertz CT molecular complexity index is 815. The van der Waals surface area contributed by atoms with Gasteiger partial charge < -0.3 is 10.1 Å². The monoisotopic (exact) mass is 405 g/mol. The van der Waals surface area contributed by atoms with Gasteiger partial charge >= 0.3 is 0 Å². The SMILES string of the molecule is CC(=O)NCC1=c2ccc(I)cc2=COC1c1ccccc1. The van der Waals surface area contributed by atoms with Gasteiger partial charge in [-0.2, -0.15) is 0 Å². The summed E-state index contributed by atoms with van der Waals surface area (Å²) in [7, 11) is 0. The van der Waals surface area contributed by atoms with Gasteiger partial charge in [-0.05, 0) is 45.5 Å². The average Bonchev–Trinajstić information content (AvgIpc) is 2.53. The van der Waals surface area contributed by atoms with Crippen LogP contribution in [0.25, 0.3) is 11.8 Å². The van der Waals surface area contributed by atoms with Gasteiger partial charge in [-0.25, -0.2) is 0 Å². The smallest absolute Gasteiger partial charge is 0.217 e. The van der Waals surface area contributed by atoms with Crippen molar-refractivity contribution in [2.24, 2.45) is 0 Å². The summed E-state index contributed by atoms with van der Waals surface area (Å²) in [5.74, 6) is -0.0408. The van der Waals surface area contributed by atoms with Crippen molar-refractivity contribution in [1.29, 1.82) is 0 Å². The number of benzene rings is 2. The number of fused-ring (bicyclic) bond motifs is 1. The molecule has 22 heavy (non-hydrogen) atoms. The van der Waals surface area contributed by atoms with Crippen molar-refractivity contribution >= 4 is 40.3 Å². The lowest BCUT2D eigenvalue weighted by Gasteiger charge is -2.24. The minimum atomic E-state index is -0.166. The molecule has 1 aliphatic heterocycles. The summed E-state index contributed by atoms with van der Waals surface area (Å²) >= 11 is 2.29. The zero-order chi connectivity index (χ0) is 15.5. The maximum Gasteiger partial charge on any atom is 0.217 e. The molecule has 1 heterocycles. The van der Waals surface area contributed by atoms with E-state index < -0.39 is 0 Å². The highest BCUT2D eigenvalue weighted by molar-refractivity contribution is 14.1. The standard InChI is InChI=1S/C18H16INO2/c1-12(21)20-10-17-16-8-7-15(19)9-14(16)11-22-18(17)13-5-3-2-4-6-13/h2-9,11,18H,10H2,1H3,(H,20,21). The zero-order valence-electron chi connectivity index (χ0n) is 12.2. The Morgan fingerprint density at radius 2 is 2.00 bits per heavy atom. The molecular weight excluding hydrogens is 389 g/mol. The number of ether oxygens (including phenoxy) is 1. The van der Waals surface area contributed by atoms with E-state index >= 15 is 0 Å². The minimum absolute atomic E-state index is 0.0408. The van der Waals surface area contributed by atoms with Gasteiger partial charge in [0.15, 0.2) is 0 Å². The number of rotatable bonds is 3. The Morgan fingerprint density at radius 1 is 1.23 bits per heavy atom. The maximum atomic E-state index is 11.3. The zero-order valence-corrected chi connectivity index (χ0v) is 14.3. The van der Waals surface area contributed by atoms with Gasteiger partial charge in [0.05, 0.1) is 6.26 Å². The molecule has 112 valence electrons. The third-order valence-electron chi connectivity index (χ3n) is 3.64. The Balaban J connectivity index is 2.13. The molecule has 1 amide bonds. The summed E-state index contributed by atoms with van der Waals surface area (Å²) < 4.78 is 7.13. The summed E-state index contributed by atoms with van der Waals surface area (Å²) in [4.78, 5) is 11.3. The number of amides is 1. The normalized spacial score (nSPS) is 16.3. The molecule has 2 aromatic carbocycles. The van der Waals surface area contributed by atoms with E-state index in [2.05, 4.69) is 46.1 Å². The van der Waals surface area contributed by atoms with Gasteiger partial charge in [-0.3, -0.25) is 4.79 Å². The van der Waals surface area contributed by atoms with Gasteiger partial charge in [-0.1, -0.05) is 36.4 Å². The van der Waals surface area contributed by atoms with E-state index in [0.29, 0.717) is 6.54 Å². The molecule has 3 nitrogen and oxygen atoms in total. The van der Waals surface area contributed by atoms with Crippen LogP contribution in [-0.2, 0) is 9.53 Å². The van der Waals surface area contributed by atoms with Gasteiger partial charge in [0.2, 0.25) is 5.91 Å². The Morgan fingerprint density at radius 3 is 2.73 bits per heavy atom. The first-order valence-electron chi connectivity index (χ1n) is 7.09. The fourth-order valence-corrected chi connectivity index (χ4v) is 3.12. The molecule has 0 aliphatic carbocycles. The third-order valence-corrected chi connectivity index (χ3v) is 4.31. The number of carbonyl (C=O) groups excluding carboxylic acids is 1. The molecule has 1 N–H and O–H groups in total. The molecule has 4 heteroatoms. The highest BCUT2D eigenvalue weighted by atomic mass is 127. The van der Waals surface area contributed by atoms with Crippen LogP contribution in [0.3, 0.4) is 0 Å². The summed E-state index contributed by atoms with van der Waals surface area (Å²) in [5.41, 5.74) is 2.17. The largest absolute Gasteiger partial charge is 0.488 e. The van der Waals surface area contributed by atoms with Crippen molar-refractivity contribution in [1.82, 2.24) is 5.32 Å². The lowest BCUT2D eigenvalue weighted by molar-refractivity contribution is -0.118. The van der Waals surface area contributed by atoms with Crippen LogP contribution in [0.5, 0.6) is 0 Å². The number of nitrogens with one attached hydrogen (secondary N) is 1. The first kappa shape index (κ1) is 15.1. The topological polar surface area (TPSA) is 38.3 Å².